The molecule has 0 aliphatic carbocycles. The number of nitrogens with zero attached hydrogens (tertiary/aromatic N) is 1. The SMILES string of the molecule is CC(C)[C@@H]1Oc2cc3oc(=O)ccc3cc2/C1=N/O. The van der Waals surface area contributed by atoms with Crippen molar-refractivity contribution in [3.63, 3.8) is 0 Å². The molecule has 1 atom stereocenters. The first-order chi connectivity index (χ1) is 9.10. The Hall–Kier alpha value is -2.30. The maximum Gasteiger partial charge on any atom is 0.336 e. The van der Waals surface area contributed by atoms with Crippen molar-refractivity contribution < 1.29 is 14.4 Å². The van der Waals surface area contributed by atoms with Crippen LogP contribution in [0, 0.1) is 5.92 Å². The van der Waals surface area contributed by atoms with Crippen LogP contribution >= 0.6 is 0 Å². The summed E-state index contributed by atoms with van der Waals surface area (Å²) >= 11 is 0. The molecule has 1 aliphatic rings. The Bertz CT molecular complexity index is 730. The molecule has 0 fully saturated rings. The Labute approximate surface area is 109 Å². The van der Waals surface area contributed by atoms with E-state index in [-0.39, 0.29) is 12.0 Å². The highest BCUT2D eigenvalue weighted by Gasteiger charge is 2.33. The highest BCUT2D eigenvalue weighted by molar-refractivity contribution is 6.10. The molecular formula is C14H13NO4. The van der Waals surface area contributed by atoms with Crippen LogP contribution in [0.2, 0.25) is 0 Å². The number of oxime groups is 1. The first-order valence-corrected chi connectivity index (χ1v) is 6.07. The fourth-order valence-corrected chi connectivity index (χ4v) is 2.30. The molecule has 1 aromatic heterocycles. The maximum absolute atomic E-state index is 11.2. The number of hydrogen-bond donors (Lipinski definition) is 1. The Kier molecular flexibility index (Phi) is 2.55. The lowest BCUT2D eigenvalue weighted by Crippen LogP contribution is -2.27. The van der Waals surface area contributed by atoms with Gasteiger partial charge in [0.1, 0.15) is 23.1 Å². The lowest BCUT2D eigenvalue weighted by molar-refractivity contribution is 0.222. The van der Waals surface area contributed by atoms with Gasteiger partial charge in [-0.3, -0.25) is 0 Å². The topological polar surface area (TPSA) is 72.0 Å². The van der Waals surface area contributed by atoms with Crippen LogP contribution in [0.3, 0.4) is 0 Å². The van der Waals surface area contributed by atoms with Crippen molar-refractivity contribution in [2.45, 2.75) is 20.0 Å². The standard InChI is InChI=1S/C14H13NO4/c1-7(2)14-13(15-17)9-5-8-3-4-12(16)18-10(8)6-11(9)19-14/h3-7,14,17H,1-2H3/b15-13-/t14-/m0/s1. The van der Waals surface area contributed by atoms with Gasteiger partial charge in [0.05, 0.1) is 0 Å². The van der Waals surface area contributed by atoms with Gasteiger partial charge >= 0.3 is 5.63 Å². The van der Waals surface area contributed by atoms with E-state index in [0.717, 1.165) is 10.9 Å². The average molecular weight is 259 g/mol. The van der Waals surface area contributed by atoms with E-state index in [0.29, 0.717) is 17.0 Å². The van der Waals surface area contributed by atoms with Crippen molar-refractivity contribution in [2.75, 3.05) is 0 Å². The smallest absolute Gasteiger partial charge is 0.336 e. The molecule has 5 heteroatoms. The molecule has 0 saturated heterocycles. The van der Waals surface area contributed by atoms with Crippen LogP contribution in [0.25, 0.3) is 11.0 Å². The van der Waals surface area contributed by atoms with Gasteiger partial charge in [0, 0.05) is 23.1 Å². The highest BCUT2D eigenvalue weighted by Crippen LogP contribution is 2.35. The fourth-order valence-electron chi connectivity index (χ4n) is 2.30. The molecule has 2 aromatic rings. The number of rotatable bonds is 1. The van der Waals surface area contributed by atoms with Gasteiger partial charge in [0.25, 0.3) is 0 Å². The van der Waals surface area contributed by atoms with E-state index in [9.17, 15) is 10.0 Å². The molecule has 0 radical (unpaired) electrons. The minimum absolute atomic E-state index is 0.174. The molecule has 0 amide bonds. The zero-order chi connectivity index (χ0) is 13.6. The van der Waals surface area contributed by atoms with E-state index in [1.54, 1.807) is 12.1 Å². The molecule has 2 heterocycles. The normalized spacial score (nSPS) is 19.9. The summed E-state index contributed by atoms with van der Waals surface area (Å²) in [6.45, 7) is 3.98. The Morgan fingerprint density at radius 2 is 2.11 bits per heavy atom. The molecular weight excluding hydrogens is 246 g/mol. The molecule has 0 bridgehead atoms. The third kappa shape index (κ3) is 1.78. The fraction of sp³-hybridized carbons (Fsp3) is 0.286. The van der Waals surface area contributed by atoms with E-state index < -0.39 is 5.63 Å². The molecule has 98 valence electrons. The summed E-state index contributed by atoms with van der Waals surface area (Å²) in [4.78, 5) is 11.2. The Morgan fingerprint density at radius 3 is 2.79 bits per heavy atom. The Balaban J connectivity index is 2.22. The van der Waals surface area contributed by atoms with Gasteiger partial charge in [-0.2, -0.15) is 0 Å². The second-order valence-corrected chi connectivity index (χ2v) is 4.91. The lowest BCUT2D eigenvalue weighted by atomic mass is 9.98. The number of hydrogen-bond acceptors (Lipinski definition) is 5. The molecule has 0 unspecified atom stereocenters. The minimum atomic E-state index is -0.401. The van der Waals surface area contributed by atoms with E-state index in [1.807, 2.05) is 19.9 Å². The number of ether oxygens (including phenoxy) is 1. The largest absolute Gasteiger partial charge is 0.483 e. The van der Waals surface area contributed by atoms with E-state index in [1.165, 1.54) is 6.07 Å². The zero-order valence-electron chi connectivity index (χ0n) is 10.6. The van der Waals surface area contributed by atoms with E-state index in [2.05, 4.69) is 5.16 Å². The molecule has 0 spiro atoms. The molecule has 1 N–H and O–H groups in total. The summed E-state index contributed by atoms with van der Waals surface area (Å²) in [5, 5.41) is 13.3. The quantitative estimate of drug-likeness (QED) is 0.485. The predicted octanol–water partition coefficient (Wildman–Crippen LogP) is 2.39. The second-order valence-electron chi connectivity index (χ2n) is 4.91. The molecule has 0 saturated carbocycles. The molecule has 1 aliphatic heterocycles. The van der Waals surface area contributed by atoms with Gasteiger partial charge in [-0.1, -0.05) is 19.0 Å². The first kappa shape index (κ1) is 11.8. The Morgan fingerprint density at radius 1 is 1.32 bits per heavy atom. The third-order valence-corrected chi connectivity index (χ3v) is 3.23. The van der Waals surface area contributed by atoms with Crippen LogP contribution < -0.4 is 10.4 Å². The summed E-state index contributed by atoms with van der Waals surface area (Å²) in [5.41, 5.74) is 1.32. The number of benzene rings is 1. The zero-order valence-corrected chi connectivity index (χ0v) is 10.6. The van der Waals surface area contributed by atoms with Crippen molar-refractivity contribution >= 4 is 16.7 Å². The second kappa shape index (κ2) is 4.12. The number of fused-ring (bicyclic) bond motifs is 2. The molecule has 19 heavy (non-hydrogen) atoms. The van der Waals surface area contributed by atoms with Crippen molar-refractivity contribution in [3.05, 3.63) is 40.2 Å². The average Bonchev–Trinajstić information content (AvgIpc) is 2.73. The monoisotopic (exact) mass is 259 g/mol. The van der Waals surface area contributed by atoms with E-state index >= 15 is 0 Å². The van der Waals surface area contributed by atoms with Crippen LogP contribution in [0.5, 0.6) is 5.75 Å². The van der Waals surface area contributed by atoms with Gasteiger partial charge in [-0.15, -0.1) is 0 Å². The van der Waals surface area contributed by atoms with Crippen LogP contribution in [0.15, 0.2) is 38.6 Å². The van der Waals surface area contributed by atoms with Crippen molar-refractivity contribution in [3.8, 4) is 5.75 Å². The van der Waals surface area contributed by atoms with Gasteiger partial charge in [-0.25, -0.2) is 4.79 Å². The van der Waals surface area contributed by atoms with Crippen LogP contribution in [-0.2, 0) is 0 Å². The van der Waals surface area contributed by atoms with Crippen molar-refractivity contribution in [1.29, 1.82) is 0 Å². The molecule has 3 rings (SSSR count). The van der Waals surface area contributed by atoms with Gasteiger partial charge in [0.15, 0.2) is 0 Å². The van der Waals surface area contributed by atoms with Crippen LogP contribution in [-0.4, -0.2) is 17.0 Å². The summed E-state index contributed by atoms with van der Waals surface area (Å²) in [6.07, 6.45) is -0.288. The summed E-state index contributed by atoms with van der Waals surface area (Å²) < 4.78 is 10.9. The van der Waals surface area contributed by atoms with Crippen molar-refractivity contribution in [2.24, 2.45) is 11.1 Å². The highest BCUT2D eigenvalue weighted by atomic mass is 16.5. The first-order valence-electron chi connectivity index (χ1n) is 6.07. The summed E-state index contributed by atoms with van der Waals surface area (Å²) in [5.74, 6) is 0.752. The molecule has 1 aromatic carbocycles. The van der Waals surface area contributed by atoms with Gasteiger partial charge in [0.2, 0.25) is 0 Å². The van der Waals surface area contributed by atoms with Crippen LogP contribution in [0.1, 0.15) is 19.4 Å². The molecule has 5 nitrogen and oxygen atoms in total. The van der Waals surface area contributed by atoms with Gasteiger partial charge < -0.3 is 14.4 Å². The maximum atomic E-state index is 11.2. The van der Waals surface area contributed by atoms with Crippen LogP contribution in [0.4, 0.5) is 0 Å². The lowest BCUT2D eigenvalue weighted by Gasteiger charge is -2.14. The third-order valence-electron chi connectivity index (χ3n) is 3.23. The van der Waals surface area contributed by atoms with Gasteiger partial charge in [-0.05, 0) is 18.1 Å². The predicted molar refractivity (Wildman–Crippen MR) is 70.1 cm³/mol. The minimum Gasteiger partial charge on any atom is -0.483 e. The van der Waals surface area contributed by atoms with Crippen molar-refractivity contribution in [1.82, 2.24) is 0 Å². The summed E-state index contributed by atoms with van der Waals surface area (Å²) in [6, 6.07) is 6.52. The summed E-state index contributed by atoms with van der Waals surface area (Å²) in [7, 11) is 0. The van der Waals surface area contributed by atoms with E-state index in [4.69, 9.17) is 9.15 Å².